The van der Waals surface area contributed by atoms with Gasteiger partial charge in [-0.2, -0.15) is 5.10 Å². The van der Waals surface area contributed by atoms with Crippen molar-refractivity contribution >= 4 is 11.6 Å². The molecule has 100 valence electrons. The molecular weight excluding hydrogens is 240 g/mol. The summed E-state index contributed by atoms with van der Waals surface area (Å²) in [5.74, 6) is -0.186. The van der Waals surface area contributed by atoms with Gasteiger partial charge >= 0.3 is 0 Å². The van der Waals surface area contributed by atoms with E-state index >= 15 is 0 Å². The Morgan fingerprint density at radius 3 is 2.68 bits per heavy atom. The van der Waals surface area contributed by atoms with Crippen molar-refractivity contribution in [3.63, 3.8) is 0 Å². The van der Waals surface area contributed by atoms with Crippen LogP contribution in [0.25, 0.3) is 0 Å². The molecule has 1 aromatic carbocycles. The van der Waals surface area contributed by atoms with Crippen LogP contribution in [0.2, 0.25) is 0 Å². The highest BCUT2D eigenvalue weighted by atomic mass is 16.1. The highest BCUT2D eigenvalue weighted by Gasteiger charge is 2.06. The Morgan fingerprint density at radius 2 is 2.05 bits per heavy atom. The number of H-pyrrole nitrogens is 1. The molecule has 5 nitrogen and oxygen atoms in total. The van der Waals surface area contributed by atoms with E-state index in [0.29, 0.717) is 5.69 Å². The molecule has 0 aliphatic carbocycles. The molecule has 0 saturated heterocycles. The molecule has 5 heteroatoms. The number of nitrogens with one attached hydrogen (secondary N) is 3. The molecule has 1 amide bonds. The lowest BCUT2D eigenvalue weighted by atomic mass is 10.2. The second-order valence-electron chi connectivity index (χ2n) is 4.30. The molecule has 0 radical (unpaired) electrons. The maximum atomic E-state index is 11.8. The first-order chi connectivity index (χ1) is 9.29. The largest absolute Gasteiger partial charge is 0.321 e. The number of carbonyl (C=O) groups excluding carboxylic acids is 1. The zero-order valence-electron chi connectivity index (χ0n) is 10.9. The third kappa shape index (κ3) is 3.93. The van der Waals surface area contributed by atoms with Gasteiger partial charge in [0, 0.05) is 18.4 Å². The number of hydrogen-bond donors (Lipinski definition) is 3. The van der Waals surface area contributed by atoms with Crippen LogP contribution < -0.4 is 10.6 Å². The normalized spacial score (nSPS) is 10.4. The zero-order chi connectivity index (χ0) is 13.5. The van der Waals surface area contributed by atoms with E-state index in [1.54, 1.807) is 12.3 Å². The van der Waals surface area contributed by atoms with Crippen molar-refractivity contribution in [2.75, 3.05) is 11.9 Å². The minimum absolute atomic E-state index is 0.186. The minimum Gasteiger partial charge on any atom is -0.321 e. The van der Waals surface area contributed by atoms with Crippen LogP contribution >= 0.6 is 0 Å². The summed E-state index contributed by atoms with van der Waals surface area (Å²) in [6.45, 7) is 4.00. The number of benzene rings is 1. The van der Waals surface area contributed by atoms with Crippen LogP contribution in [0.5, 0.6) is 0 Å². The number of anilines is 1. The van der Waals surface area contributed by atoms with Crippen molar-refractivity contribution in [2.24, 2.45) is 0 Å². The number of aromatic amines is 1. The zero-order valence-corrected chi connectivity index (χ0v) is 10.9. The molecule has 3 N–H and O–H groups in total. The summed E-state index contributed by atoms with van der Waals surface area (Å²) in [6.07, 6.45) is 2.68. The highest BCUT2D eigenvalue weighted by Crippen LogP contribution is 2.10. The minimum atomic E-state index is -0.186. The maximum absolute atomic E-state index is 11.8. The predicted octanol–water partition coefficient (Wildman–Crippen LogP) is 2.16. The quantitative estimate of drug-likeness (QED) is 0.695. The number of carbonyl (C=O) groups is 1. The third-order valence-electron chi connectivity index (χ3n) is 2.71. The molecule has 0 atom stereocenters. The molecule has 0 aliphatic heterocycles. The standard InChI is InChI=1S/C14H18N4O/c1-2-8-15-10-11-3-5-12(6-4-11)17-14(19)13-7-9-16-18-13/h3-7,9,15H,2,8,10H2,1H3,(H,16,18)(H,17,19). The van der Waals surface area contributed by atoms with Gasteiger partial charge in [-0.05, 0) is 36.7 Å². The summed E-state index contributed by atoms with van der Waals surface area (Å²) in [5.41, 5.74) is 2.43. The van der Waals surface area contributed by atoms with E-state index in [4.69, 9.17) is 0 Å². The van der Waals surface area contributed by atoms with Gasteiger partial charge in [0.1, 0.15) is 5.69 Å². The monoisotopic (exact) mass is 258 g/mol. The Balaban J connectivity index is 1.90. The first kappa shape index (κ1) is 13.3. The molecule has 2 aromatic rings. The molecule has 19 heavy (non-hydrogen) atoms. The number of nitrogens with zero attached hydrogens (tertiary/aromatic N) is 1. The molecule has 1 aromatic heterocycles. The second kappa shape index (κ2) is 6.70. The summed E-state index contributed by atoms with van der Waals surface area (Å²) in [5, 5.41) is 12.5. The van der Waals surface area contributed by atoms with Gasteiger partial charge in [-0.1, -0.05) is 19.1 Å². The summed E-state index contributed by atoms with van der Waals surface area (Å²) < 4.78 is 0. The van der Waals surface area contributed by atoms with Crippen molar-refractivity contribution in [3.8, 4) is 0 Å². The van der Waals surface area contributed by atoms with Gasteiger partial charge < -0.3 is 10.6 Å². The molecular formula is C14H18N4O. The van der Waals surface area contributed by atoms with Crippen LogP contribution in [0.1, 0.15) is 29.4 Å². The van der Waals surface area contributed by atoms with E-state index in [1.165, 1.54) is 5.56 Å². The first-order valence-corrected chi connectivity index (χ1v) is 6.40. The average molecular weight is 258 g/mol. The van der Waals surface area contributed by atoms with Crippen LogP contribution in [0.3, 0.4) is 0 Å². The van der Waals surface area contributed by atoms with Gasteiger partial charge in [-0.15, -0.1) is 0 Å². The Labute approximate surface area is 112 Å². The van der Waals surface area contributed by atoms with Gasteiger partial charge in [0.15, 0.2) is 0 Å². The van der Waals surface area contributed by atoms with Gasteiger partial charge in [0.2, 0.25) is 0 Å². The van der Waals surface area contributed by atoms with Crippen molar-refractivity contribution in [1.29, 1.82) is 0 Å². The highest BCUT2D eigenvalue weighted by molar-refractivity contribution is 6.02. The Bertz CT molecular complexity index is 505. The Kier molecular flexibility index (Phi) is 4.69. The average Bonchev–Trinajstić information content (AvgIpc) is 2.95. The summed E-state index contributed by atoms with van der Waals surface area (Å²) in [6, 6.07) is 9.45. The van der Waals surface area contributed by atoms with E-state index in [2.05, 4.69) is 27.8 Å². The molecule has 0 fully saturated rings. The van der Waals surface area contributed by atoms with E-state index in [0.717, 1.165) is 25.2 Å². The van der Waals surface area contributed by atoms with Gasteiger partial charge in [-0.3, -0.25) is 9.89 Å². The molecule has 0 saturated carbocycles. The molecule has 0 unspecified atom stereocenters. The van der Waals surface area contributed by atoms with Crippen molar-refractivity contribution in [3.05, 3.63) is 47.8 Å². The third-order valence-corrected chi connectivity index (χ3v) is 2.71. The lowest BCUT2D eigenvalue weighted by Gasteiger charge is -2.06. The summed E-state index contributed by atoms with van der Waals surface area (Å²) >= 11 is 0. The van der Waals surface area contributed by atoms with Crippen molar-refractivity contribution < 1.29 is 4.79 Å². The molecule has 0 bridgehead atoms. The number of hydrogen-bond acceptors (Lipinski definition) is 3. The fraction of sp³-hybridized carbons (Fsp3) is 0.286. The summed E-state index contributed by atoms with van der Waals surface area (Å²) in [4.78, 5) is 11.8. The van der Waals surface area contributed by atoms with Crippen LogP contribution in [0.15, 0.2) is 36.5 Å². The lowest BCUT2D eigenvalue weighted by Crippen LogP contribution is -2.14. The van der Waals surface area contributed by atoms with Crippen molar-refractivity contribution in [1.82, 2.24) is 15.5 Å². The fourth-order valence-corrected chi connectivity index (χ4v) is 1.70. The second-order valence-corrected chi connectivity index (χ2v) is 4.30. The van der Waals surface area contributed by atoms with Crippen LogP contribution in [-0.2, 0) is 6.54 Å². The van der Waals surface area contributed by atoms with Gasteiger partial charge in [-0.25, -0.2) is 0 Å². The SMILES string of the molecule is CCCNCc1ccc(NC(=O)c2ccn[nH]2)cc1. The Morgan fingerprint density at radius 1 is 1.26 bits per heavy atom. The molecule has 1 heterocycles. The van der Waals surface area contributed by atoms with Crippen LogP contribution in [0.4, 0.5) is 5.69 Å². The van der Waals surface area contributed by atoms with E-state index < -0.39 is 0 Å². The summed E-state index contributed by atoms with van der Waals surface area (Å²) in [7, 11) is 0. The first-order valence-electron chi connectivity index (χ1n) is 6.40. The van der Waals surface area contributed by atoms with Crippen molar-refractivity contribution in [2.45, 2.75) is 19.9 Å². The number of rotatable bonds is 6. The fourth-order valence-electron chi connectivity index (χ4n) is 1.70. The smallest absolute Gasteiger partial charge is 0.273 e. The van der Waals surface area contributed by atoms with Crippen LogP contribution in [0, 0.1) is 0 Å². The van der Waals surface area contributed by atoms with Gasteiger partial charge in [0.25, 0.3) is 5.91 Å². The Hall–Kier alpha value is -2.14. The van der Waals surface area contributed by atoms with E-state index in [1.807, 2.05) is 24.3 Å². The molecule has 0 spiro atoms. The predicted molar refractivity (Wildman–Crippen MR) is 75.0 cm³/mol. The van der Waals surface area contributed by atoms with Crippen LogP contribution in [-0.4, -0.2) is 22.6 Å². The lowest BCUT2D eigenvalue weighted by molar-refractivity contribution is 0.102. The molecule has 2 rings (SSSR count). The number of aromatic nitrogens is 2. The maximum Gasteiger partial charge on any atom is 0.273 e. The van der Waals surface area contributed by atoms with E-state index in [9.17, 15) is 4.79 Å². The van der Waals surface area contributed by atoms with Gasteiger partial charge in [0.05, 0.1) is 0 Å². The topological polar surface area (TPSA) is 69.8 Å². The molecule has 0 aliphatic rings. The van der Waals surface area contributed by atoms with E-state index in [-0.39, 0.29) is 5.91 Å². The number of amides is 1.